The molecule has 1 saturated heterocycles. The van der Waals surface area contributed by atoms with Crippen LogP contribution in [0, 0.1) is 5.92 Å². The molecule has 30 heavy (non-hydrogen) atoms. The number of piperidine rings is 1. The molecule has 10 heteroatoms. The van der Waals surface area contributed by atoms with Gasteiger partial charge in [-0.2, -0.15) is 0 Å². The Hall–Kier alpha value is -2.46. The van der Waals surface area contributed by atoms with E-state index in [1.54, 1.807) is 29.2 Å². The second-order valence-electron chi connectivity index (χ2n) is 7.41. The maximum absolute atomic E-state index is 12.7. The van der Waals surface area contributed by atoms with Gasteiger partial charge in [0.1, 0.15) is 0 Å². The first kappa shape index (κ1) is 22.2. The lowest BCUT2D eigenvalue weighted by Crippen LogP contribution is -2.43. The summed E-state index contributed by atoms with van der Waals surface area (Å²) in [5, 5.41) is 5.22. The first-order valence-electron chi connectivity index (χ1n) is 9.87. The second kappa shape index (κ2) is 9.57. The molecular formula is C20H26N4O4S2. The van der Waals surface area contributed by atoms with E-state index in [2.05, 4.69) is 15.0 Å². The lowest BCUT2D eigenvalue weighted by Gasteiger charge is -2.31. The lowest BCUT2D eigenvalue weighted by atomic mass is 9.97. The van der Waals surface area contributed by atoms with Gasteiger partial charge in [-0.05, 0) is 31.4 Å². The zero-order valence-electron chi connectivity index (χ0n) is 17.1. The third-order valence-electron chi connectivity index (χ3n) is 4.83. The highest BCUT2D eigenvalue weighted by Crippen LogP contribution is 2.27. The number of nitrogens with zero attached hydrogens (tertiary/aromatic N) is 2. The normalized spacial score (nSPS) is 16.9. The average Bonchev–Trinajstić information content (AvgIpc) is 3.16. The van der Waals surface area contributed by atoms with Crippen molar-refractivity contribution in [2.45, 2.75) is 32.6 Å². The summed E-state index contributed by atoms with van der Waals surface area (Å²) < 4.78 is 25.0. The molecule has 0 spiro atoms. The number of anilines is 2. The van der Waals surface area contributed by atoms with Gasteiger partial charge in [0.25, 0.3) is 0 Å². The van der Waals surface area contributed by atoms with Crippen molar-refractivity contribution in [3.63, 3.8) is 0 Å². The van der Waals surface area contributed by atoms with E-state index >= 15 is 0 Å². The van der Waals surface area contributed by atoms with Gasteiger partial charge >= 0.3 is 0 Å². The van der Waals surface area contributed by atoms with E-state index in [0.29, 0.717) is 36.0 Å². The smallest absolute Gasteiger partial charge is 0.231 e. The summed E-state index contributed by atoms with van der Waals surface area (Å²) in [5.41, 5.74) is 1.99. The lowest BCUT2D eigenvalue weighted by molar-refractivity contribution is -0.134. The molecule has 1 atom stereocenters. The first-order valence-corrected chi connectivity index (χ1v) is 12.6. The van der Waals surface area contributed by atoms with Gasteiger partial charge in [-0.25, -0.2) is 13.4 Å². The van der Waals surface area contributed by atoms with E-state index in [4.69, 9.17) is 0 Å². The number of hydrogen-bond acceptors (Lipinski definition) is 6. The van der Waals surface area contributed by atoms with Crippen LogP contribution in [0.4, 0.5) is 10.8 Å². The molecule has 1 aliphatic rings. The molecule has 162 valence electrons. The van der Waals surface area contributed by atoms with Crippen LogP contribution in [0.3, 0.4) is 0 Å². The van der Waals surface area contributed by atoms with Crippen molar-refractivity contribution in [2.24, 2.45) is 5.92 Å². The molecule has 2 aromatic rings. The number of amides is 2. The molecule has 3 rings (SSSR count). The minimum absolute atomic E-state index is 0.111. The van der Waals surface area contributed by atoms with Gasteiger partial charge in [-0.1, -0.05) is 19.1 Å². The minimum Gasteiger partial charge on any atom is -0.342 e. The number of thiazole rings is 1. The van der Waals surface area contributed by atoms with Crippen molar-refractivity contribution in [1.29, 1.82) is 0 Å². The first-order chi connectivity index (χ1) is 14.2. The molecule has 1 fully saturated rings. The zero-order chi connectivity index (χ0) is 21.7. The van der Waals surface area contributed by atoms with Crippen molar-refractivity contribution >= 4 is 44.0 Å². The van der Waals surface area contributed by atoms with Crippen LogP contribution in [0.25, 0.3) is 11.3 Å². The molecule has 2 heterocycles. The van der Waals surface area contributed by atoms with Crippen LogP contribution in [0.1, 0.15) is 32.6 Å². The third kappa shape index (κ3) is 6.02. The number of likely N-dealkylation sites (tertiary alicyclic amines) is 1. The van der Waals surface area contributed by atoms with E-state index in [-0.39, 0.29) is 17.7 Å². The van der Waals surface area contributed by atoms with Crippen LogP contribution in [-0.2, 0) is 19.6 Å². The molecule has 2 N–H and O–H groups in total. The molecule has 0 aliphatic carbocycles. The van der Waals surface area contributed by atoms with Crippen molar-refractivity contribution < 1.29 is 18.0 Å². The molecule has 0 bridgehead atoms. The Kier molecular flexibility index (Phi) is 7.09. The fraction of sp³-hybridized carbons (Fsp3) is 0.450. The Labute approximate surface area is 180 Å². The number of sulfonamides is 1. The molecule has 2 amide bonds. The molecule has 1 aromatic carbocycles. The van der Waals surface area contributed by atoms with Crippen LogP contribution < -0.4 is 10.0 Å². The van der Waals surface area contributed by atoms with Crippen LogP contribution in [-0.4, -0.2) is 49.5 Å². The minimum atomic E-state index is -3.32. The van der Waals surface area contributed by atoms with Crippen molar-refractivity contribution in [2.75, 3.05) is 29.4 Å². The van der Waals surface area contributed by atoms with Gasteiger partial charge in [0.2, 0.25) is 21.8 Å². The summed E-state index contributed by atoms with van der Waals surface area (Å²) in [6.07, 6.45) is 4.00. The summed E-state index contributed by atoms with van der Waals surface area (Å²) in [6.45, 7) is 3.15. The van der Waals surface area contributed by atoms with Crippen molar-refractivity contribution in [3.05, 3.63) is 29.6 Å². The Bertz CT molecular complexity index is 1000. The molecule has 8 nitrogen and oxygen atoms in total. The summed E-state index contributed by atoms with van der Waals surface area (Å²) in [4.78, 5) is 31.1. The molecular weight excluding hydrogens is 424 g/mol. The quantitative estimate of drug-likeness (QED) is 0.674. The molecule has 1 unspecified atom stereocenters. The molecule has 0 radical (unpaired) electrons. The van der Waals surface area contributed by atoms with E-state index in [1.165, 1.54) is 11.3 Å². The van der Waals surface area contributed by atoms with Gasteiger partial charge in [-0.3, -0.25) is 14.3 Å². The number of rotatable bonds is 7. The number of hydrogen-bond donors (Lipinski definition) is 2. The standard InChI is InChI=1S/C20H26N4O4S2/c1-3-5-18(25)24-11-4-6-15(12-24)19(26)22-20-21-17(13-29-20)14-7-9-16(10-8-14)23-30(2,27)28/h7-10,13,15,23H,3-6,11-12H2,1-2H3,(H,21,22,26). The van der Waals surface area contributed by atoms with E-state index in [1.807, 2.05) is 12.3 Å². The van der Waals surface area contributed by atoms with Crippen molar-refractivity contribution in [1.82, 2.24) is 9.88 Å². The van der Waals surface area contributed by atoms with E-state index in [0.717, 1.165) is 31.1 Å². The molecule has 0 saturated carbocycles. The maximum atomic E-state index is 12.7. The Balaban J connectivity index is 1.61. The van der Waals surface area contributed by atoms with Crippen molar-refractivity contribution in [3.8, 4) is 11.3 Å². The highest BCUT2D eigenvalue weighted by molar-refractivity contribution is 7.92. The van der Waals surface area contributed by atoms with Crippen LogP contribution in [0.15, 0.2) is 29.6 Å². The fourth-order valence-corrected chi connectivity index (χ4v) is 4.67. The number of aromatic nitrogens is 1. The highest BCUT2D eigenvalue weighted by atomic mass is 32.2. The highest BCUT2D eigenvalue weighted by Gasteiger charge is 2.28. The summed E-state index contributed by atoms with van der Waals surface area (Å²) in [7, 11) is -3.32. The summed E-state index contributed by atoms with van der Waals surface area (Å²) in [6, 6.07) is 6.87. The number of nitrogens with one attached hydrogen (secondary N) is 2. The van der Waals surface area contributed by atoms with Gasteiger partial charge in [0.05, 0.1) is 17.9 Å². The Morgan fingerprint density at radius 1 is 1.27 bits per heavy atom. The number of carbonyl (C=O) groups excluding carboxylic acids is 2. The third-order valence-corrected chi connectivity index (χ3v) is 6.19. The topological polar surface area (TPSA) is 108 Å². The second-order valence-corrected chi connectivity index (χ2v) is 10.0. The van der Waals surface area contributed by atoms with Crippen LogP contribution in [0.2, 0.25) is 0 Å². The Morgan fingerprint density at radius 2 is 2.00 bits per heavy atom. The van der Waals surface area contributed by atoms with Gasteiger partial charge in [-0.15, -0.1) is 11.3 Å². The van der Waals surface area contributed by atoms with Crippen LogP contribution in [0.5, 0.6) is 0 Å². The van der Waals surface area contributed by atoms with Gasteiger partial charge in [0, 0.05) is 36.1 Å². The maximum Gasteiger partial charge on any atom is 0.231 e. The monoisotopic (exact) mass is 450 g/mol. The zero-order valence-corrected chi connectivity index (χ0v) is 18.7. The van der Waals surface area contributed by atoms with E-state index in [9.17, 15) is 18.0 Å². The van der Waals surface area contributed by atoms with Gasteiger partial charge < -0.3 is 10.2 Å². The largest absolute Gasteiger partial charge is 0.342 e. The predicted octanol–water partition coefficient (Wildman–Crippen LogP) is 3.16. The molecule has 1 aromatic heterocycles. The Morgan fingerprint density at radius 3 is 2.67 bits per heavy atom. The molecule has 1 aliphatic heterocycles. The average molecular weight is 451 g/mol. The van der Waals surface area contributed by atoms with Gasteiger partial charge in [0.15, 0.2) is 5.13 Å². The SMILES string of the molecule is CCCC(=O)N1CCCC(C(=O)Nc2nc(-c3ccc(NS(C)(=O)=O)cc3)cs2)C1. The van der Waals surface area contributed by atoms with Crippen LogP contribution >= 0.6 is 11.3 Å². The summed E-state index contributed by atoms with van der Waals surface area (Å²) in [5.74, 6) is -0.230. The van der Waals surface area contributed by atoms with E-state index < -0.39 is 10.0 Å². The predicted molar refractivity (Wildman–Crippen MR) is 119 cm³/mol. The summed E-state index contributed by atoms with van der Waals surface area (Å²) >= 11 is 1.33. The number of carbonyl (C=O) groups is 2. The fourth-order valence-electron chi connectivity index (χ4n) is 3.38. The number of benzene rings is 1.